The fourth-order valence-corrected chi connectivity index (χ4v) is 3.71. The number of nitro groups is 1. The van der Waals surface area contributed by atoms with Gasteiger partial charge in [0.25, 0.3) is 4.96 Å². The fraction of sp³-hybridized carbons (Fsp3) is 0.385. The van der Waals surface area contributed by atoms with Crippen LogP contribution in [-0.4, -0.2) is 37.2 Å². The van der Waals surface area contributed by atoms with Gasteiger partial charge in [-0.25, -0.2) is 0 Å². The molecule has 1 fully saturated rings. The van der Waals surface area contributed by atoms with Gasteiger partial charge in [-0.15, -0.1) is 0 Å². The number of fused-ring (bicyclic) bond motifs is 1. The summed E-state index contributed by atoms with van der Waals surface area (Å²) in [5, 5.41) is 17.6. The van der Waals surface area contributed by atoms with E-state index in [-0.39, 0.29) is 16.8 Å². The minimum absolute atomic E-state index is 0.0531. The molecule has 0 N–H and O–H groups in total. The van der Waals surface area contributed by atoms with Crippen LogP contribution in [0.3, 0.4) is 0 Å². The number of rotatable bonds is 3. The molecule has 1 aliphatic rings. The molecule has 1 atom stereocenters. The summed E-state index contributed by atoms with van der Waals surface area (Å²) in [6, 6.07) is 2.12. The van der Waals surface area contributed by atoms with Crippen molar-refractivity contribution >= 4 is 27.9 Å². The monoisotopic (exact) mass is 318 g/mol. The van der Waals surface area contributed by atoms with Gasteiger partial charge in [0.05, 0.1) is 6.04 Å². The van der Waals surface area contributed by atoms with Crippen molar-refractivity contribution in [3.63, 3.8) is 0 Å². The van der Waals surface area contributed by atoms with Gasteiger partial charge in [0.1, 0.15) is 6.20 Å². The van der Waals surface area contributed by atoms with Crippen molar-refractivity contribution in [3.8, 4) is 0 Å². The normalized spacial score (nSPS) is 18.9. The Labute approximate surface area is 129 Å². The highest BCUT2D eigenvalue weighted by atomic mass is 32.1. The Bertz CT molecular complexity index is 808. The molecule has 9 heteroatoms. The Morgan fingerprint density at radius 2 is 2.32 bits per heavy atom. The molecule has 0 radical (unpaired) electrons. The molecule has 3 aromatic heterocycles. The summed E-state index contributed by atoms with van der Waals surface area (Å²) in [6.07, 6.45) is 7.38. The second kappa shape index (κ2) is 5.09. The minimum Gasteiger partial charge on any atom is -0.358 e. The standard InChI is InChI=1S/C13H14N6O2S/c20-19(21)12-11(15-13-17(12)7-8-22-13)16-5-1-3-10(9-16)18-6-2-4-14-18/h2,4,6-8,10H,1,3,5,9H2. The van der Waals surface area contributed by atoms with Crippen molar-refractivity contribution in [3.05, 3.63) is 40.2 Å². The largest absolute Gasteiger partial charge is 0.373 e. The summed E-state index contributed by atoms with van der Waals surface area (Å²) in [4.78, 5) is 18.2. The number of anilines is 1. The van der Waals surface area contributed by atoms with Crippen molar-refractivity contribution < 1.29 is 4.92 Å². The van der Waals surface area contributed by atoms with E-state index in [9.17, 15) is 10.1 Å². The Morgan fingerprint density at radius 3 is 3.09 bits per heavy atom. The topological polar surface area (TPSA) is 81.5 Å². The third-order valence-corrected chi connectivity index (χ3v) is 4.74. The lowest BCUT2D eigenvalue weighted by Crippen LogP contribution is -2.37. The van der Waals surface area contributed by atoms with Gasteiger partial charge in [-0.3, -0.25) is 4.68 Å². The molecule has 4 heterocycles. The predicted octanol–water partition coefficient (Wildman–Crippen LogP) is 2.34. The highest BCUT2D eigenvalue weighted by Gasteiger charge is 2.31. The first-order valence-electron chi connectivity index (χ1n) is 7.08. The molecule has 3 aromatic rings. The van der Waals surface area contributed by atoms with Crippen LogP contribution in [0.5, 0.6) is 0 Å². The molecule has 8 nitrogen and oxygen atoms in total. The third-order valence-electron chi connectivity index (χ3n) is 3.99. The molecule has 0 aliphatic carbocycles. The Balaban J connectivity index is 1.70. The van der Waals surface area contributed by atoms with Crippen LogP contribution in [0, 0.1) is 10.1 Å². The maximum absolute atomic E-state index is 11.5. The lowest BCUT2D eigenvalue weighted by atomic mass is 10.1. The molecular formula is C13H14N6O2S. The molecular weight excluding hydrogens is 304 g/mol. The van der Waals surface area contributed by atoms with Crippen LogP contribution in [0.1, 0.15) is 18.9 Å². The zero-order valence-electron chi connectivity index (χ0n) is 11.7. The van der Waals surface area contributed by atoms with E-state index in [2.05, 4.69) is 10.1 Å². The maximum Gasteiger partial charge on any atom is 0.373 e. The van der Waals surface area contributed by atoms with Crippen molar-refractivity contribution in [2.75, 3.05) is 18.0 Å². The van der Waals surface area contributed by atoms with Gasteiger partial charge in [0.2, 0.25) is 5.82 Å². The zero-order chi connectivity index (χ0) is 15.1. The average molecular weight is 318 g/mol. The van der Waals surface area contributed by atoms with Gasteiger partial charge in [0, 0.05) is 30.9 Å². The Kier molecular flexibility index (Phi) is 3.07. The predicted molar refractivity (Wildman–Crippen MR) is 82.4 cm³/mol. The van der Waals surface area contributed by atoms with Gasteiger partial charge < -0.3 is 15.0 Å². The molecule has 1 aliphatic heterocycles. The summed E-state index contributed by atoms with van der Waals surface area (Å²) < 4.78 is 3.48. The van der Waals surface area contributed by atoms with E-state index >= 15 is 0 Å². The van der Waals surface area contributed by atoms with Crippen LogP contribution < -0.4 is 4.90 Å². The molecule has 1 saturated heterocycles. The Hall–Kier alpha value is -2.42. The van der Waals surface area contributed by atoms with Crippen molar-refractivity contribution in [1.82, 2.24) is 19.2 Å². The molecule has 0 saturated carbocycles. The number of aromatic nitrogens is 4. The van der Waals surface area contributed by atoms with Gasteiger partial charge >= 0.3 is 5.82 Å². The van der Waals surface area contributed by atoms with Crippen LogP contribution in [0.15, 0.2) is 30.0 Å². The van der Waals surface area contributed by atoms with E-state index < -0.39 is 0 Å². The Morgan fingerprint density at radius 1 is 1.41 bits per heavy atom. The van der Waals surface area contributed by atoms with Crippen molar-refractivity contribution in [2.24, 2.45) is 0 Å². The summed E-state index contributed by atoms with van der Waals surface area (Å²) in [7, 11) is 0. The smallest absolute Gasteiger partial charge is 0.358 e. The number of nitrogens with zero attached hydrogens (tertiary/aromatic N) is 6. The first-order valence-corrected chi connectivity index (χ1v) is 7.96. The van der Waals surface area contributed by atoms with E-state index in [4.69, 9.17) is 0 Å². The van der Waals surface area contributed by atoms with Crippen LogP contribution >= 0.6 is 11.3 Å². The van der Waals surface area contributed by atoms with Crippen LogP contribution in [0.4, 0.5) is 11.6 Å². The first-order chi connectivity index (χ1) is 10.7. The molecule has 22 heavy (non-hydrogen) atoms. The van der Waals surface area contributed by atoms with Crippen LogP contribution in [0.25, 0.3) is 4.96 Å². The SMILES string of the molecule is O=[N+]([O-])c1c(N2CCCC(n3cccn3)C2)nc2sccn12. The first kappa shape index (κ1) is 13.3. The van der Waals surface area contributed by atoms with E-state index in [1.165, 1.54) is 11.3 Å². The second-order valence-electron chi connectivity index (χ2n) is 5.30. The lowest BCUT2D eigenvalue weighted by Gasteiger charge is -2.32. The molecule has 0 spiro atoms. The summed E-state index contributed by atoms with van der Waals surface area (Å²) in [5.41, 5.74) is 0. The number of thiazole rings is 1. The molecule has 0 bridgehead atoms. The van der Waals surface area contributed by atoms with E-state index in [0.717, 1.165) is 19.4 Å². The number of hydrogen-bond donors (Lipinski definition) is 0. The van der Waals surface area contributed by atoms with Crippen molar-refractivity contribution in [2.45, 2.75) is 18.9 Å². The van der Waals surface area contributed by atoms with Crippen LogP contribution in [0.2, 0.25) is 0 Å². The summed E-state index contributed by atoms with van der Waals surface area (Å²) >= 11 is 1.41. The summed E-state index contributed by atoms with van der Waals surface area (Å²) in [6.45, 7) is 1.47. The maximum atomic E-state index is 11.5. The van der Waals surface area contributed by atoms with E-state index in [0.29, 0.717) is 17.3 Å². The molecule has 114 valence electrons. The average Bonchev–Trinajstić information content (AvgIpc) is 3.23. The minimum atomic E-state index is -0.348. The molecule has 4 rings (SSSR count). The fourth-order valence-electron chi connectivity index (χ4n) is 3.00. The van der Waals surface area contributed by atoms with E-state index in [1.807, 2.05) is 27.2 Å². The molecule has 0 amide bonds. The highest BCUT2D eigenvalue weighted by molar-refractivity contribution is 7.15. The second-order valence-corrected chi connectivity index (χ2v) is 6.17. The van der Waals surface area contributed by atoms with Gasteiger partial charge in [-0.2, -0.15) is 14.5 Å². The number of hydrogen-bond acceptors (Lipinski definition) is 6. The van der Waals surface area contributed by atoms with Gasteiger partial charge in [0.15, 0.2) is 0 Å². The number of imidazole rings is 1. The molecule has 0 aromatic carbocycles. The zero-order valence-corrected chi connectivity index (χ0v) is 12.5. The van der Waals surface area contributed by atoms with Crippen molar-refractivity contribution in [1.29, 1.82) is 0 Å². The highest BCUT2D eigenvalue weighted by Crippen LogP contribution is 2.34. The van der Waals surface area contributed by atoms with Gasteiger partial charge in [-0.05, 0) is 23.8 Å². The van der Waals surface area contributed by atoms with Gasteiger partial charge in [-0.1, -0.05) is 11.3 Å². The summed E-state index contributed by atoms with van der Waals surface area (Å²) in [5.74, 6) is 0.520. The van der Waals surface area contributed by atoms with Crippen LogP contribution in [-0.2, 0) is 0 Å². The quantitative estimate of drug-likeness (QED) is 0.547. The number of piperidine rings is 1. The lowest BCUT2D eigenvalue weighted by molar-refractivity contribution is -0.389. The van der Waals surface area contributed by atoms with E-state index in [1.54, 1.807) is 16.8 Å². The molecule has 1 unspecified atom stereocenters. The third kappa shape index (κ3) is 2.05.